The smallest absolute Gasteiger partial charge is 0.0900 e. The summed E-state index contributed by atoms with van der Waals surface area (Å²) in [4.78, 5) is 3.23. The predicted octanol–water partition coefficient (Wildman–Crippen LogP) is 2.13. The predicted molar refractivity (Wildman–Crippen MR) is 72.3 cm³/mol. The standard InChI is InChI=1S/C13H21NO2S/c1-11(2)7-14(3)8-12(15)9-16-10-13-5-4-6-17-13/h4-6,12,15H,1,7-10H2,2-3H3. The van der Waals surface area contributed by atoms with Gasteiger partial charge < -0.3 is 9.84 Å². The Morgan fingerprint density at radius 2 is 2.41 bits per heavy atom. The molecule has 0 aromatic carbocycles. The van der Waals surface area contributed by atoms with Gasteiger partial charge in [-0.05, 0) is 25.4 Å². The minimum absolute atomic E-state index is 0.373. The van der Waals surface area contributed by atoms with Crippen molar-refractivity contribution in [3.63, 3.8) is 0 Å². The highest BCUT2D eigenvalue weighted by Gasteiger charge is 2.08. The van der Waals surface area contributed by atoms with E-state index in [0.29, 0.717) is 19.8 Å². The minimum atomic E-state index is -0.445. The molecule has 0 saturated heterocycles. The van der Waals surface area contributed by atoms with Crippen molar-refractivity contribution in [3.05, 3.63) is 34.5 Å². The van der Waals surface area contributed by atoms with E-state index in [0.717, 1.165) is 12.1 Å². The van der Waals surface area contributed by atoms with Crippen molar-refractivity contribution < 1.29 is 9.84 Å². The molecule has 1 heterocycles. The molecular weight excluding hydrogens is 234 g/mol. The van der Waals surface area contributed by atoms with Crippen LogP contribution in [0.1, 0.15) is 11.8 Å². The number of aliphatic hydroxyl groups is 1. The van der Waals surface area contributed by atoms with Crippen molar-refractivity contribution >= 4 is 11.3 Å². The maximum atomic E-state index is 9.77. The highest BCUT2D eigenvalue weighted by Crippen LogP contribution is 2.09. The van der Waals surface area contributed by atoms with E-state index in [4.69, 9.17) is 4.74 Å². The molecule has 1 unspecified atom stereocenters. The maximum Gasteiger partial charge on any atom is 0.0900 e. The number of hydrogen-bond acceptors (Lipinski definition) is 4. The lowest BCUT2D eigenvalue weighted by Gasteiger charge is -2.20. The summed E-state index contributed by atoms with van der Waals surface area (Å²) >= 11 is 1.67. The molecule has 96 valence electrons. The molecule has 1 atom stereocenters. The van der Waals surface area contributed by atoms with Crippen LogP contribution in [0.2, 0.25) is 0 Å². The lowest BCUT2D eigenvalue weighted by Crippen LogP contribution is -2.33. The van der Waals surface area contributed by atoms with Gasteiger partial charge in [0.25, 0.3) is 0 Å². The summed E-state index contributed by atoms with van der Waals surface area (Å²) < 4.78 is 5.46. The largest absolute Gasteiger partial charge is 0.389 e. The van der Waals surface area contributed by atoms with Crippen LogP contribution >= 0.6 is 11.3 Å². The quantitative estimate of drug-likeness (QED) is 0.722. The zero-order valence-corrected chi connectivity index (χ0v) is 11.4. The van der Waals surface area contributed by atoms with Crippen LogP contribution in [-0.2, 0) is 11.3 Å². The van der Waals surface area contributed by atoms with Crippen molar-refractivity contribution in [3.8, 4) is 0 Å². The molecule has 1 aromatic rings. The number of rotatable bonds is 8. The molecule has 1 aromatic heterocycles. The van der Waals surface area contributed by atoms with Crippen LogP contribution < -0.4 is 0 Å². The number of ether oxygens (including phenoxy) is 1. The maximum absolute atomic E-state index is 9.77. The number of aliphatic hydroxyl groups excluding tert-OH is 1. The fraction of sp³-hybridized carbons (Fsp3) is 0.538. The van der Waals surface area contributed by atoms with E-state index < -0.39 is 6.10 Å². The van der Waals surface area contributed by atoms with Crippen molar-refractivity contribution in [2.45, 2.75) is 19.6 Å². The Kier molecular flexibility index (Phi) is 6.44. The van der Waals surface area contributed by atoms with E-state index >= 15 is 0 Å². The van der Waals surface area contributed by atoms with E-state index in [1.54, 1.807) is 11.3 Å². The van der Waals surface area contributed by atoms with Crippen molar-refractivity contribution in [1.29, 1.82) is 0 Å². The summed E-state index contributed by atoms with van der Waals surface area (Å²) in [5.41, 5.74) is 1.10. The average Bonchev–Trinajstić information content (AvgIpc) is 2.68. The van der Waals surface area contributed by atoms with E-state index in [-0.39, 0.29) is 0 Å². The molecule has 0 saturated carbocycles. The van der Waals surface area contributed by atoms with Crippen LogP contribution in [0.4, 0.5) is 0 Å². The number of thiophene rings is 1. The van der Waals surface area contributed by atoms with Gasteiger partial charge >= 0.3 is 0 Å². The highest BCUT2D eigenvalue weighted by atomic mass is 32.1. The second kappa shape index (κ2) is 7.61. The number of nitrogens with zero attached hydrogens (tertiary/aromatic N) is 1. The Bertz CT molecular complexity index is 324. The average molecular weight is 255 g/mol. The van der Waals surface area contributed by atoms with E-state index in [1.807, 2.05) is 36.4 Å². The van der Waals surface area contributed by atoms with Crippen molar-refractivity contribution in [1.82, 2.24) is 4.90 Å². The summed E-state index contributed by atoms with van der Waals surface area (Å²) in [6.07, 6.45) is -0.445. The molecule has 0 aliphatic carbocycles. The first-order valence-corrected chi connectivity index (χ1v) is 6.57. The van der Waals surface area contributed by atoms with E-state index in [1.165, 1.54) is 4.88 Å². The zero-order chi connectivity index (χ0) is 12.7. The molecule has 1 N–H and O–H groups in total. The molecule has 17 heavy (non-hydrogen) atoms. The fourth-order valence-corrected chi connectivity index (χ4v) is 2.27. The lowest BCUT2D eigenvalue weighted by atomic mass is 10.3. The Balaban J connectivity index is 2.12. The number of likely N-dealkylation sites (N-methyl/N-ethyl adjacent to an activating group) is 1. The van der Waals surface area contributed by atoms with Gasteiger partial charge in [-0.25, -0.2) is 0 Å². The topological polar surface area (TPSA) is 32.7 Å². The third-order valence-corrected chi connectivity index (χ3v) is 3.05. The summed E-state index contributed by atoms with van der Waals surface area (Å²) in [6, 6.07) is 4.03. The van der Waals surface area contributed by atoms with Crippen molar-refractivity contribution in [2.75, 3.05) is 26.7 Å². The van der Waals surface area contributed by atoms with E-state index in [2.05, 4.69) is 6.58 Å². The second-order valence-electron chi connectivity index (χ2n) is 4.40. The first-order valence-electron chi connectivity index (χ1n) is 5.69. The van der Waals surface area contributed by atoms with Crippen LogP contribution in [0.25, 0.3) is 0 Å². The molecule has 0 amide bonds. The summed E-state index contributed by atoms with van der Waals surface area (Å²) in [7, 11) is 1.97. The molecule has 4 heteroatoms. The van der Waals surface area contributed by atoms with Crippen molar-refractivity contribution in [2.24, 2.45) is 0 Å². The molecule has 0 aliphatic rings. The van der Waals surface area contributed by atoms with Crippen LogP contribution in [-0.4, -0.2) is 42.9 Å². The van der Waals surface area contributed by atoms with Crippen LogP contribution in [0.15, 0.2) is 29.7 Å². The molecule has 3 nitrogen and oxygen atoms in total. The van der Waals surface area contributed by atoms with E-state index in [9.17, 15) is 5.11 Å². The van der Waals surface area contributed by atoms with Gasteiger partial charge in [0.15, 0.2) is 0 Å². The third-order valence-electron chi connectivity index (χ3n) is 2.20. The first kappa shape index (κ1) is 14.4. The highest BCUT2D eigenvalue weighted by molar-refractivity contribution is 7.09. The van der Waals surface area contributed by atoms with Gasteiger partial charge in [0.1, 0.15) is 0 Å². The Morgan fingerprint density at radius 3 is 3.00 bits per heavy atom. The molecule has 0 bridgehead atoms. The normalized spacial score (nSPS) is 12.9. The molecular formula is C13H21NO2S. The Morgan fingerprint density at radius 1 is 1.65 bits per heavy atom. The van der Waals surface area contributed by atoms with Gasteiger partial charge in [-0.15, -0.1) is 11.3 Å². The third kappa shape index (κ3) is 6.58. The van der Waals surface area contributed by atoms with Gasteiger partial charge in [0.05, 0.1) is 19.3 Å². The monoisotopic (exact) mass is 255 g/mol. The number of hydrogen-bond donors (Lipinski definition) is 1. The Hall–Kier alpha value is -0.680. The molecule has 0 aliphatic heterocycles. The van der Waals surface area contributed by atoms with Gasteiger partial charge in [0, 0.05) is 18.0 Å². The van der Waals surface area contributed by atoms with Gasteiger partial charge in [-0.3, -0.25) is 4.90 Å². The molecule has 0 fully saturated rings. The first-order chi connectivity index (χ1) is 8.08. The summed E-state index contributed by atoms with van der Waals surface area (Å²) in [5.74, 6) is 0. The second-order valence-corrected chi connectivity index (χ2v) is 5.43. The molecule has 0 spiro atoms. The van der Waals surface area contributed by atoms with Crippen LogP contribution in [0.3, 0.4) is 0 Å². The molecule has 0 radical (unpaired) electrons. The minimum Gasteiger partial charge on any atom is -0.389 e. The lowest BCUT2D eigenvalue weighted by molar-refractivity contribution is 0.0157. The fourth-order valence-electron chi connectivity index (χ4n) is 1.63. The Labute approximate surface area is 107 Å². The van der Waals surface area contributed by atoms with Gasteiger partial charge in [-0.2, -0.15) is 0 Å². The van der Waals surface area contributed by atoms with Crippen LogP contribution in [0, 0.1) is 0 Å². The van der Waals surface area contributed by atoms with Gasteiger partial charge in [-0.1, -0.05) is 18.2 Å². The SMILES string of the molecule is C=C(C)CN(C)CC(O)COCc1cccs1. The summed E-state index contributed by atoms with van der Waals surface area (Å²) in [5, 5.41) is 11.8. The molecule has 1 rings (SSSR count). The summed E-state index contributed by atoms with van der Waals surface area (Å²) in [6.45, 7) is 8.20. The zero-order valence-electron chi connectivity index (χ0n) is 10.6. The van der Waals surface area contributed by atoms with Gasteiger partial charge in [0.2, 0.25) is 0 Å². The van der Waals surface area contributed by atoms with Crippen LogP contribution in [0.5, 0.6) is 0 Å².